The number of imidazole rings is 1. The maximum absolute atomic E-state index is 11.0. The van der Waals surface area contributed by atoms with Crippen molar-refractivity contribution in [2.24, 2.45) is 5.14 Å². The third kappa shape index (κ3) is 1.37. The number of nitrogens with two attached hydrogens (primary N) is 1. The molecule has 72 valence electrons. The molecule has 0 radical (unpaired) electrons. The van der Waals surface area contributed by atoms with Crippen molar-refractivity contribution in [2.75, 3.05) is 5.43 Å². The van der Waals surface area contributed by atoms with Crippen LogP contribution < -0.4 is 21.5 Å². The second kappa shape index (κ2) is 2.67. The third-order valence-electron chi connectivity index (χ3n) is 1.59. The average Bonchev–Trinajstić information content (AvgIpc) is 2.45. The number of nitrogens with zero attached hydrogens (tertiary/aromatic N) is 2. The molecule has 0 saturated carbocycles. The Morgan fingerprint density at radius 1 is 1.62 bits per heavy atom. The number of aromatic nitrogens is 2. The van der Waals surface area contributed by atoms with Crippen LogP contribution in [0.3, 0.4) is 0 Å². The first-order valence-electron chi connectivity index (χ1n) is 3.41. The van der Waals surface area contributed by atoms with Crippen LogP contribution in [-0.4, -0.2) is 18.0 Å². The standard InChI is InChI=1S/C4H8N6O2S/c5-13(11,12)4-3-8-9-7-2-10(3)1-6-4/h1,7-9H,2H2,(H2,5,11,12). The molecule has 1 aliphatic rings. The molecule has 1 aromatic heterocycles. The number of primary sulfonamides is 1. The molecular formula is C4H8N6O2S. The van der Waals surface area contributed by atoms with Gasteiger partial charge in [-0.2, -0.15) is 5.53 Å². The van der Waals surface area contributed by atoms with Gasteiger partial charge in [-0.25, -0.2) is 24.0 Å². The lowest BCUT2D eigenvalue weighted by molar-refractivity contribution is 0.458. The summed E-state index contributed by atoms with van der Waals surface area (Å²) in [5.41, 5.74) is 7.89. The van der Waals surface area contributed by atoms with Crippen molar-refractivity contribution < 1.29 is 8.42 Å². The summed E-state index contributed by atoms with van der Waals surface area (Å²) in [6.07, 6.45) is 1.38. The maximum Gasteiger partial charge on any atom is 0.259 e. The minimum atomic E-state index is -3.76. The molecule has 0 aliphatic carbocycles. The predicted molar refractivity (Wildman–Crippen MR) is 43.5 cm³/mol. The van der Waals surface area contributed by atoms with Gasteiger partial charge in [-0.05, 0) is 0 Å². The molecule has 1 aromatic rings. The minimum Gasteiger partial charge on any atom is -0.301 e. The first-order valence-corrected chi connectivity index (χ1v) is 4.95. The van der Waals surface area contributed by atoms with Gasteiger partial charge in [0.2, 0.25) is 5.03 Å². The first-order chi connectivity index (χ1) is 6.09. The molecule has 2 rings (SSSR count). The quantitative estimate of drug-likeness (QED) is 0.417. The molecule has 9 heteroatoms. The van der Waals surface area contributed by atoms with E-state index < -0.39 is 10.0 Å². The number of sulfonamides is 1. The molecule has 0 amide bonds. The summed E-state index contributed by atoms with van der Waals surface area (Å²) in [4.78, 5) is 3.68. The zero-order chi connectivity index (χ0) is 9.47. The van der Waals surface area contributed by atoms with Gasteiger partial charge in [0.1, 0.15) is 0 Å². The Balaban J connectivity index is 2.55. The average molecular weight is 204 g/mol. The van der Waals surface area contributed by atoms with Gasteiger partial charge >= 0.3 is 0 Å². The minimum absolute atomic E-state index is 0.165. The van der Waals surface area contributed by atoms with Gasteiger partial charge in [0, 0.05) is 0 Å². The first kappa shape index (κ1) is 8.44. The largest absolute Gasteiger partial charge is 0.301 e. The van der Waals surface area contributed by atoms with Crippen molar-refractivity contribution in [3.05, 3.63) is 6.33 Å². The third-order valence-corrected chi connectivity index (χ3v) is 2.43. The fourth-order valence-corrected chi connectivity index (χ4v) is 1.68. The summed E-state index contributed by atoms with van der Waals surface area (Å²) in [7, 11) is -3.76. The van der Waals surface area contributed by atoms with E-state index in [-0.39, 0.29) is 5.03 Å². The molecule has 0 atom stereocenters. The highest BCUT2D eigenvalue weighted by atomic mass is 32.2. The summed E-state index contributed by atoms with van der Waals surface area (Å²) < 4.78 is 23.5. The van der Waals surface area contributed by atoms with E-state index in [0.29, 0.717) is 12.5 Å². The van der Waals surface area contributed by atoms with E-state index in [1.807, 2.05) is 0 Å². The molecule has 0 bridgehead atoms. The number of anilines is 1. The van der Waals surface area contributed by atoms with Crippen molar-refractivity contribution in [3.8, 4) is 0 Å². The van der Waals surface area contributed by atoms with Crippen LogP contribution in [0.15, 0.2) is 11.4 Å². The summed E-state index contributed by atoms with van der Waals surface area (Å²) >= 11 is 0. The Kier molecular flexibility index (Phi) is 1.73. The van der Waals surface area contributed by atoms with Crippen LogP contribution in [0.2, 0.25) is 0 Å². The Hall–Kier alpha value is -1.16. The molecule has 0 unspecified atom stereocenters. The lowest BCUT2D eigenvalue weighted by Crippen LogP contribution is -2.43. The molecule has 1 aliphatic heterocycles. The Labute approximate surface area is 74.1 Å². The molecule has 2 heterocycles. The fourth-order valence-electron chi connectivity index (χ4n) is 1.05. The second-order valence-corrected chi connectivity index (χ2v) is 3.97. The molecule has 0 spiro atoms. The van der Waals surface area contributed by atoms with Crippen molar-refractivity contribution in [3.63, 3.8) is 0 Å². The fraction of sp³-hybridized carbons (Fsp3) is 0.250. The lowest BCUT2D eigenvalue weighted by Gasteiger charge is -2.18. The SMILES string of the molecule is NS(=O)(=O)c1ncn2c1NNNC2. The molecule has 5 N–H and O–H groups in total. The van der Waals surface area contributed by atoms with Gasteiger partial charge in [0.25, 0.3) is 10.0 Å². The van der Waals surface area contributed by atoms with E-state index in [9.17, 15) is 8.42 Å². The number of rotatable bonds is 1. The summed E-state index contributed by atoms with van der Waals surface area (Å²) in [6, 6.07) is 0. The van der Waals surface area contributed by atoms with Crippen LogP contribution in [0.25, 0.3) is 0 Å². The molecular weight excluding hydrogens is 196 g/mol. The van der Waals surface area contributed by atoms with Gasteiger partial charge < -0.3 is 4.57 Å². The maximum atomic E-state index is 11.0. The van der Waals surface area contributed by atoms with E-state index in [1.54, 1.807) is 4.57 Å². The molecule has 0 fully saturated rings. The van der Waals surface area contributed by atoms with Crippen LogP contribution in [0.5, 0.6) is 0 Å². The van der Waals surface area contributed by atoms with Crippen LogP contribution in [0.4, 0.5) is 5.82 Å². The number of fused-ring (bicyclic) bond motifs is 1. The second-order valence-electron chi connectivity index (χ2n) is 2.50. The van der Waals surface area contributed by atoms with Gasteiger partial charge in [0.05, 0.1) is 13.0 Å². The summed E-state index contributed by atoms with van der Waals surface area (Å²) in [5, 5.41) is 4.77. The predicted octanol–water partition coefficient (Wildman–Crippen LogP) is -2.08. The molecule has 0 saturated heterocycles. The van der Waals surface area contributed by atoms with Gasteiger partial charge in [0.15, 0.2) is 5.82 Å². The zero-order valence-corrected chi connectivity index (χ0v) is 7.30. The monoisotopic (exact) mass is 204 g/mol. The van der Waals surface area contributed by atoms with Crippen molar-refractivity contribution in [1.82, 2.24) is 20.5 Å². The Morgan fingerprint density at radius 3 is 3.08 bits per heavy atom. The van der Waals surface area contributed by atoms with Crippen LogP contribution in [0.1, 0.15) is 0 Å². The Morgan fingerprint density at radius 2 is 2.38 bits per heavy atom. The molecule has 8 nitrogen and oxygen atoms in total. The number of hydrazine groups is 2. The smallest absolute Gasteiger partial charge is 0.259 e. The number of nitrogens with one attached hydrogen (secondary N) is 3. The van der Waals surface area contributed by atoms with E-state index in [2.05, 4.69) is 21.4 Å². The topological polar surface area (TPSA) is 114 Å². The number of hydrogen-bond donors (Lipinski definition) is 4. The highest BCUT2D eigenvalue weighted by Crippen LogP contribution is 2.17. The van der Waals surface area contributed by atoms with Crippen LogP contribution >= 0.6 is 0 Å². The molecule has 0 aromatic carbocycles. The highest BCUT2D eigenvalue weighted by molar-refractivity contribution is 7.89. The summed E-state index contributed by atoms with van der Waals surface area (Å²) in [5.74, 6) is 0.334. The van der Waals surface area contributed by atoms with E-state index in [4.69, 9.17) is 5.14 Å². The van der Waals surface area contributed by atoms with Crippen molar-refractivity contribution in [1.29, 1.82) is 0 Å². The van der Waals surface area contributed by atoms with E-state index in [1.165, 1.54) is 6.33 Å². The Bertz CT molecular complexity index is 422. The van der Waals surface area contributed by atoms with Crippen molar-refractivity contribution >= 4 is 15.8 Å². The normalized spacial score (nSPS) is 16.4. The van der Waals surface area contributed by atoms with Gasteiger partial charge in [-0.1, -0.05) is 0 Å². The van der Waals surface area contributed by atoms with Crippen LogP contribution in [-0.2, 0) is 16.7 Å². The van der Waals surface area contributed by atoms with E-state index in [0.717, 1.165) is 0 Å². The van der Waals surface area contributed by atoms with Crippen LogP contribution in [0, 0.1) is 0 Å². The molecule has 13 heavy (non-hydrogen) atoms. The van der Waals surface area contributed by atoms with Gasteiger partial charge in [-0.15, -0.1) is 0 Å². The highest BCUT2D eigenvalue weighted by Gasteiger charge is 2.21. The summed E-state index contributed by atoms with van der Waals surface area (Å²) in [6.45, 7) is 0.421. The zero-order valence-electron chi connectivity index (χ0n) is 6.48. The van der Waals surface area contributed by atoms with E-state index >= 15 is 0 Å². The van der Waals surface area contributed by atoms with Crippen molar-refractivity contribution in [2.45, 2.75) is 11.7 Å². The van der Waals surface area contributed by atoms with Gasteiger partial charge in [-0.3, -0.25) is 5.43 Å². The number of hydrogen-bond acceptors (Lipinski definition) is 6. The lowest BCUT2D eigenvalue weighted by atomic mass is 10.7.